The van der Waals surface area contributed by atoms with Gasteiger partial charge in [-0.2, -0.15) is 5.10 Å². The lowest BCUT2D eigenvalue weighted by Gasteiger charge is -2.02. The molecular formula is C9H11N5. The number of hydrogen-bond acceptors (Lipinski definition) is 4. The Morgan fingerprint density at radius 3 is 3.00 bits per heavy atom. The quantitative estimate of drug-likeness (QED) is 0.758. The van der Waals surface area contributed by atoms with E-state index < -0.39 is 0 Å². The molecule has 0 aliphatic heterocycles. The van der Waals surface area contributed by atoms with Crippen molar-refractivity contribution >= 4 is 0 Å². The van der Waals surface area contributed by atoms with Gasteiger partial charge in [0, 0.05) is 12.7 Å². The highest BCUT2D eigenvalue weighted by Gasteiger charge is 1.98. The molecule has 0 atom stereocenters. The minimum Gasteiger partial charge on any atom is -0.316 e. The second kappa shape index (κ2) is 3.97. The lowest BCUT2D eigenvalue weighted by atomic mass is 10.2. The SMILES string of the molecule is CNCc1cncc(-n2cncn2)c1. The van der Waals surface area contributed by atoms with Crippen LogP contribution in [0.1, 0.15) is 5.56 Å². The van der Waals surface area contributed by atoms with E-state index in [4.69, 9.17) is 0 Å². The summed E-state index contributed by atoms with van der Waals surface area (Å²) in [6.07, 6.45) is 6.75. The van der Waals surface area contributed by atoms with Crippen molar-refractivity contribution in [3.05, 3.63) is 36.7 Å². The molecule has 2 heterocycles. The lowest BCUT2D eigenvalue weighted by Crippen LogP contribution is -2.06. The predicted octanol–water partition coefficient (Wildman–Crippen LogP) is 0.382. The summed E-state index contributed by atoms with van der Waals surface area (Å²) >= 11 is 0. The van der Waals surface area contributed by atoms with E-state index >= 15 is 0 Å². The number of hydrogen-bond donors (Lipinski definition) is 1. The van der Waals surface area contributed by atoms with Gasteiger partial charge >= 0.3 is 0 Å². The van der Waals surface area contributed by atoms with Gasteiger partial charge in [0.2, 0.25) is 0 Å². The summed E-state index contributed by atoms with van der Waals surface area (Å²) in [4.78, 5) is 8.01. The fraction of sp³-hybridized carbons (Fsp3) is 0.222. The van der Waals surface area contributed by atoms with E-state index in [2.05, 4.69) is 20.4 Å². The smallest absolute Gasteiger partial charge is 0.138 e. The summed E-state index contributed by atoms with van der Waals surface area (Å²) in [6.45, 7) is 0.801. The molecule has 0 spiro atoms. The van der Waals surface area contributed by atoms with Crippen molar-refractivity contribution in [2.24, 2.45) is 0 Å². The highest BCUT2D eigenvalue weighted by Crippen LogP contribution is 2.05. The van der Waals surface area contributed by atoms with Crippen LogP contribution in [-0.2, 0) is 6.54 Å². The fourth-order valence-electron chi connectivity index (χ4n) is 1.24. The van der Waals surface area contributed by atoms with Crippen molar-refractivity contribution in [1.82, 2.24) is 25.1 Å². The maximum absolute atomic E-state index is 4.13. The van der Waals surface area contributed by atoms with Crippen LogP contribution in [0.25, 0.3) is 5.69 Å². The van der Waals surface area contributed by atoms with Crippen molar-refractivity contribution in [2.45, 2.75) is 6.54 Å². The van der Waals surface area contributed by atoms with E-state index in [0.29, 0.717) is 0 Å². The van der Waals surface area contributed by atoms with Crippen molar-refractivity contribution in [3.8, 4) is 5.69 Å². The van der Waals surface area contributed by atoms with Gasteiger partial charge in [-0.1, -0.05) is 0 Å². The molecule has 0 radical (unpaired) electrons. The van der Waals surface area contributed by atoms with Crippen LogP contribution in [0.2, 0.25) is 0 Å². The summed E-state index contributed by atoms with van der Waals surface area (Å²) in [5.74, 6) is 0. The molecule has 2 aromatic rings. The molecule has 0 aromatic carbocycles. The zero-order valence-corrected chi connectivity index (χ0v) is 7.88. The minimum atomic E-state index is 0.801. The molecule has 5 heteroatoms. The van der Waals surface area contributed by atoms with Gasteiger partial charge in [0.1, 0.15) is 12.7 Å². The molecular weight excluding hydrogens is 178 g/mol. The first-order chi connectivity index (χ1) is 6.90. The Hall–Kier alpha value is -1.75. The van der Waals surface area contributed by atoms with E-state index in [1.807, 2.05) is 19.3 Å². The van der Waals surface area contributed by atoms with Crippen LogP contribution in [0.5, 0.6) is 0 Å². The van der Waals surface area contributed by atoms with Crippen LogP contribution in [0.3, 0.4) is 0 Å². The lowest BCUT2D eigenvalue weighted by molar-refractivity contribution is 0.804. The van der Waals surface area contributed by atoms with Crippen LogP contribution in [0, 0.1) is 0 Å². The van der Waals surface area contributed by atoms with Gasteiger partial charge in [0.15, 0.2) is 0 Å². The zero-order chi connectivity index (χ0) is 9.80. The third kappa shape index (κ3) is 1.77. The minimum absolute atomic E-state index is 0.801. The molecule has 14 heavy (non-hydrogen) atoms. The first kappa shape index (κ1) is 8.83. The van der Waals surface area contributed by atoms with Gasteiger partial charge < -0.3 is 5.32 Å². The Morgan fingerprint density at radius 1 is 1.36 bits per heavy atom. The monoisotopic (exact) mass is 189 g/mol. The Kier molecular flexibility index (Phi) is 2.51. The molecule has 2 rings (SSSR count). The number of nitrogens with one attached hydrogen (secondary N) is 1. The number of pyridine rings is 1. The number of aromatic nitrogens is 4. The van der Waals surface area contributed by atoms with Crippen LogP contribution < -0.4 is 5.32 Å². The van der Waals surface area contributed by atoms with E-state index in [0.717, 1.165) is 17.8 Å². The van der Waals surface area contributed by atoms with E-state index in [1.165, 1.54) is 6.33 Å². The van der Waals surface area contributed by atoms with Gasteiger partial charge in [-0.15, -0.1) is 0 Å². The van der Waals surface area contributed by atoms with Crippen LogP contribution in [-0.4, -0.2) is 26.8 Å². The van der Waals surface area contributed by atoms with E-state index in [1.54, 1.807) is 17.2 Å². The highest BCUT2D eigenvalue weighted by atomic mass is 15.3. The second-order valence-corrected chi connectivity index (χ2v) is 2.92. The molecule has 0 aliphatic rings. The molecule has 0 unspecified atom stereocenters. The van der Waals surface area contributed by atoms with Crippen molar-refractivity contribution in [1.29, 1.82) is 0 Å². The fourth-order valence-corrected chi connectivity index (χ4v) is 1.24. The maximum atomic E-state index is 4.13. The van der Waals surface area contributed by atoms with Gasteiger partial charge in [0.25, 0.3) is 0 Å². The molecule has 0 saturated carbocycles. The average molecular weight is 189 g/mol. The molecule has 5 nitrogen and oxygen atoms in total. The maximum Gasteiger partial charge on any atom is 0.138 e. The van der Waals surface area contributed by atoms with Crippen molar-refractivity contribution in [2.75, 3.05) is 7.05 Å². The Morgan fingerprint density at radius 2 is 2.29 bits per heavy atom. The molecule has 0 amide bonds. The molecule has 0 saturated heterocycles. The first-order valence-corrected chi connectivity index (χ1v) is 4.33. The van der Waals surface area contributed by atoms with Crippen molar-refractivity contribution in [3.63, 3.8) is 0 Å². The van der Waals surface area contributed by atoms with E-state index in [-0.39, 0.29) is 0 Å². The summed E-state index contributed by atoms with van der Waals surface area (Å²) < 4.78 is 1.69. The predicted molar refractivity (Wildman–Crippen MR) is 51.9 cm³/mol. The molecule has 72 valence electrons. The van der Waals surface area contributed by atoms with Gasteiger partial charge in [-0.25, -0.2) is 9.67 Å². The Balaban J connectivity index is 2.31. The third-order valence-electron chi connectivity index (χ3n) is 1.84. The second-order valence-electron chi connectivity index (χ2n) is 2.92. The third-order valence-corrected chi connectivity index (χ3v) is 1.84. The standard InChI is InChI=1S/C9H11N5/c1-10-3-8-2-9(5-11-4-8)14-7-12-6-13-14/h2,4-7,10H,3H2,1H3. The summed E-state index contributed by atoms with van der Waals surface area (Å²) in [5, 5.41) is 7.10. The van der Waals surface area contributed by atoms with Gasteiger partial charge in [0.05, 0.1) is 11.9 Å². The molecule has 1 N–H and O–H groups in total. The van der Waals surface area contributed by atoms with Crippen LogP contribution in [0.4, 0.5) is 0 Å². The van der Waals surface area contributed by atoms with Crippen LogP contribution >= 0.6 is 0 Å². The van der Waals surface area contributed by atoms with Gasteiger partial charge in [-0.3, -0.25) is 4.98 Å². The normalized spacial score (nSPS) is 10.4. The molecule has 0 fully saturated rings. The summed E-state index contributed by atoms with van der Waals surface area (Å²) in [5.41, 5.74) is 2.05. The first-order valence-electron chi connectivity index (χ1n) is 4.33. The molecule has 0 aliphatic carbocycles. The largest absolute Gasteiger partial charge is 0.316 e. The molecule has 0 bridgehead atoms. The highest BCUT2D eigenvalue weighted by molar-refractivity contribution is 5.30. The number of nitrogens with zero attached hydrogens (tertiary/aromatic N) is 4. The Bertz CT molecular complexity index is 395. The topological polar surface area (TPSA) is 55.6 Å². The Labute approximate surface area is 81.8 Å². The van der Waals surface area contributed by atoms with Crippen molar-refractivity contribution < 1.29 is 0 Å². The molecule has 2 aromatic heterocycles. The van der Waals surface area contributed by atoms with Crippen LogP contribution in [0.15, 0.2) is 31.1 Å². The van der Waals surface area contributed by atoms with Gasteiger partial charge in [-0.05, 0) is 18.7 Å². The van der Waals surface area contributed by atoms with E-state index in [9.17, 15) is 0 Å². The number of rotatable bonds is 3. The summed E-state index contributed by atoms with van der Waals surface area (Å²) in [7, 11) is 1.90. The zero-order valence-electron chi connectivity index (χ0n) is 7.88. The average Bonchev–Trinajstić information content (AvgIpc) is 2.71. The summed E-state index contributed by atoms with van der Waals surface area (Å²) in [6, 6.07) is 2.03.